The van der Waals surface area contributed by atoms with Gasteiger partial charge in [-0.1, -0.05) is 0 Å². The Morgan fingerprint density at radius 1 is 1.19 bits per heavy atom. The van der Waals surface area contributed by atoms with Crippen molar-refractivity contribution in [1.82, 2.24) is 24.7 Å². The van der Waals surface area contributed by atoms with Crippen molar-refractivity contribution in [3.63, 3.8) is 0 Å². The Labute approximate surface area is 152 Å². The molecule has 0 aliphatic heterocycles. The van der Waals surface area contributed by atoms with Gasteiger partial charge in [0.25, 0.3) is 0 Å². The fraction of sp³-hybridized carbons (Fsp3) is 0.167. The zero-order chi connectivity index (χ0) is 19.1. The first-order valence-corrected chi connectivity index (χ1v) is 8.06. The van der Waals surface area contributed by atoms with Crippen LogP contribution in [0.3, 0.4) is 0 Å². The molecular weight excluding hydrogens is 356 g/mol. The zero-order valence-electron chi connectivity index (χ0n) is 14.4. The van der Waals surface area contributed by atoms with Crippen molar-refractivity contribution in [3.8, 4) is 28.6 Å². The molecule has 7 nitrogen and oxygen atoms in total. The number of nitrogens with zero attached hydrogens (tertiary/aromatic N) is 4. The maximum atomic E-state index is 12.5. The number of aromatic amines is 1. The number of halogens is 2. The quantitative estimate of drug-likeness (QED) is 0.571. The minimum absolute atomic E-state index is 0.0439. The summed E-state index contributed by atoms with van der Waals surface area (Å²) in [5.41, 5.74) is 3.87. The van der Waals surface area contributed by atoms with E-state index in [0.717, 1.165) is 11.3 Å². The van der Waals surface area contributed by atoms with Crippen LogP contribution in [0, 0.1) is 13.8 Å². The summed E-state index contributed by atoms with van der Waals surface area (Å²) in [6, 6.07) is 3.22. The molecule has 0 saturated carbocycles. The van der Waals surface area contributed by atoms with Crippen LogP contribution in [0.15, 0.2) is 36.9 Å². The van der Waals surface area contributed by atoms with Crippen LogP contribution < -0.4 is 4.74 Å². The third-order valence-corrected chi connectivity index (χ3v) is 4.31. The first kappa shape index (κ1) is 17.0. The first-order chi connectivity index (χ1) is 13.0. The number of pyridine rings is 2. The number of aryl methyl sites for hydroxylation is 2. The second kappa shape index (κ2) is 6.35. The number of rotatable bonds is 4. The molecule has 0 spiro atoms. The molecule has 0 aliphatic carbocycles. The van der Waals surface area contributed by atoms with E-state index in [0.29, 0.717) is 27.8 Å². The highest BCUT2D eigenvalue weighted by Gasteiger charge is 2.20. The number of fused-ring (bicyclic) bond motifs is 1. The highest BCUT2D eigenvalue weighted by atomic mass is 19.3. The average Bonchev–Trinajstić information content (AvgIpc) is 3.22. The van der Waals surface area contributed by atoms with Crippen molar-refractivity contribution in [2.45, 2.75) is 20.5 Å². The SMILES string of the molecule is Cc1cc(-c2cncc(OC(F)F)c2)nc2c(C)n(-c3cn[nH]c3)c(O)c12. The summed E-state index contributed by atoms with van der Waals surface area (Å²) in [4.78, 5) is 8.57. The Balaban J connectivity index is 1.89. The summed E-state index contributed by atoms with van der Waals surface area (Å²) in [6.45, 7) is 0.751. The average molecular weight is 371 g/mol. The molecule has 9 heteroatoms. The van der Waals surface area contributed by atoms with Crippen LogP contribution in [0.2, 0.25) is 0 Å². The van der Waals surface area contributed by atoms with E-state index in [1.807, 2.05) is 13.8 Å². The van der Waals surface area contributed by atoms with E-state index < -0.39 is 6.61 Å². The second-order valence-electron chi connectivity index (χ2n) is 6.04. The molecular formula is C18H15F2N5O2. The molecule has 138 valence electrons. The van der Waals surface area contributed by atoms with Gasteiger partial charge in [-0.2, -0.15) is 13.9 Å². The van der Waals surface area contributed by atoms with Crippen LogP contribution in [0.25, 0.3) is 27.8 Å². The van der Waals surface area contributed by atoms with Gasteiger partial charge < -0.3 is 9.84 Å². The van der Waals surface area contributed by atoms with E-state index in [2.05, 4.69) is 24.9 Å². The lowest BCUT2D eigenvalue weighted by Gasteiger charge is -2.07. The molecule has 0 amide bonds. The number of hydrogen-bond acceptors (Lipinski definition) is 5. The van der Waals surface area contributed by atoms with Crippen molar-refractivity contribution in [3.05, 3.63) is 48.2 Å². The van der Waals surface area contributed by atoms with Gasteiger partial charge in [-0.05, 0) is 31.5 Å². The zero-order valence-corrected chi connectivity index (χ0v) is 14.4. The molecule has 0 fully saturated rings. The first-order valence-electron chi connectivity index (χ1n) is 8.06. The molecule has 0 atom stereocenters. The fourth-order valence-corrected chi connectivity index (χ4v) is 3.15. The van der Waals surface area contributed by atoms with Gasteiger partial charge in [0.05, 0.1) is 34.7 Å². The summed E-state index contributed by atoms with van der Waals surface area (Å²) in [5, 5.41) is 17.9. The molecule has 4 rings (SSSR count). The van der Waals surface area contributed by atoms with Gasteiger partial charge >= 0.3 is 6.61 Å². The Bertz CT molecular complexity index is 1120. The predicted molar refractivity (Wildman–Crippen MR) is 94.2 cm³/mol. The molecule has 4 heterocycles. The van der Waals surface area contributed by atoms with Gasteiger partial charge in [0.15, 0.2) is 0 Å². The third-order valence-electron chi connectivity index (χ3n) is 4.31. The molecule has 0 unspecified atom stereocenters. The molecule has 4 aromatic rings. The van der Waals surface area contributed by atoms with E-state index in [4.69, 9.17) is 0 Å². The highest BCUT2D eigenvalue weighted by Crippen LogP contribution is 2.37. The van der Waals surface area contributed by atoms with Crippen LogP contribution in [-0.2, 0) is 0 Å². The van der Waals surface area contributed by atoms with Crippen LogP contribution in [0.1, 0.15) is 11.3 Å². The van der Waals surface area contributed by atoms with Crippen LogP contribution in [0.4, 0.5) is 8.78 Å². The molecule has 0 radical (unpaired) electrons. The number of aromatic hydroxyl groups is 1. The van der Waals surface area contributed by atoms with Gasteiger partial charge in [0.1, 0.15) is 5.75 Å². The minimum Gasteiger partial charge on any atom is -0.494 e. The summed E-state index contributed by atoms with van der Waals surface area (Å²) in [5.74, 6) is 0.0194. The summed E-state index contributed by atoms with van der Waals surface area (Å²) in [7, 11) is 0. The Hall–Kier alpha value is -3.49. The van der Waals surface area contributed by atoms with E-state index >= 15 is 0 Å². The number of ether oxygens (including phenoxy) is 1. The predicted octanol–water partition coefficient (Wildman–Crippen LogP) is 3.73. The largest absolute Gasteiger partial charge is 0.494 e. The summed E-state index contributed by atoms with van der Waals surface area (Å²) < 4.78 is 31.0. The minimum atomic E-state index is -2.93. The number of aromatic nitrogens is 5. The molecule has 4 aromatic heterocycles. The Kier molecular flexibility index (Phi) is 3.98. The lowest BCUT2D eigenvalue weighted by atomic mass is 10.1. The number of nitrogens with one attached hydrogen (secondary N) is 1. The van der Waals surface area contributed by atoms with E-state index in [9.17, 15) is 13.9 Å². The monoisotopic (exact) mass is 371 g/mol. The summed E-state index contributed by atoms with van der Waals surface area (Å²) >= 11 is 0. The standard InChI is InChI=1S/C18H15F2N5O2/c1-9-3-14(11-4-13(8-21-5-11)27-18(19)20)24-16-10(2)25(17(26)15(9)16)12-6-22-23-7-12/h3-8,18,26H,1-2H3,(H,22,23). The van der Waals surface area contributed by atoms with E-state index in [-0.39, 0.29) is 11.6 Å². The molecule has 0 aromatic carbocycles. The third kappa shape index (κ3) is 2.86. The van der Waals surface area contributed by atoms with Gasteiger partial charge in [0, 0.05) is 23.7 Å². The van der Waals surface area contributed by atoms with Gasteiger partial charge in [-0.15, -0.1) is 0 Å². The van der Waals surface area contributed by atoms with Crippen molar-refractivity contribution < 1.29 is 18.6 Å². The topological polar surface area (TPSA) is 88.9 Å². The van der Waals surface area contributed by atoms with Crippen LogP contribution in [-0.4, -0.2) is 36.5 Å². The molecule has 0 saturated heterocycles. The van der Waals surface area contributed by atoms with Gasteiger partial charge in [-0.25, -0.2) is 4.98 Å². The molecule has 2 N–H and O–H groups in total. The second-order valence-corrected chi connectivity index (χ2v) is 6.04. The number of alkyl halides is 2. The lowest BCUT2D eigenvalue weighted by Crippen LogP contribution is -2.02. The van der Waals surface area contributed by atoms with Crippen molar-refractivity contribution in [1.29, 1.82) is 0 Å². The van der Waals surface area contributed by atoms with E-state index in [1.54, 1.807) is 23.0 Å². The molecule has 0 bridgehead atoms. The Morgan fingerprint density at radius 3 is 2.70 bits per heavy atom. The van der Waals surface area contributed by atoms with Gasteiger partial charge in [-0.3, -0.25) is 14.6 Å². The van der Waals surface area contributed by atoms with Crippen molar-refractivity contribution >= 4 is 10.9 Å². The van der Waals surface area contributed by atoms with Crippen LogP contribution in [0.5, 0.6) is 11.6 Å². The van der Waals surface area contributed by atoms with Crippen molar-refractivity contribution in [2.75, 3.05) is 0 Å². The van der Waals surface area contributed by atoms with Crippen LogP contribution >= 0.6 is 0 Å². The van der Waals surface area contributed by atoms with Gasteiger partial charge in [0.2, 0.25) is 5.88 Å². The number of H-pyrrole nitrogens is 1. The smallest absolute Gasteiger partial charge is 0.387 e. The maximum Gasteiger partial charge on any atom is 0.387 e. The lowest BCUT2D eigenvalue weighted by molar-refractivity contribution is -0.0500. The van der Waals surface area contributed by atoms with Crippen molar-refractivity contribution in [2.24, 2.45) is 0 Å². The fourth-order valence-electron chi connectivity index (χ4n) is 3.15. The normalized spacial score (nSPS) is 11.4. The maximum absolute atomic E-state index is 12.5. The highest BCUT2D eigenvalue weighted by molar-refractivity contribution is 5.93. The Morgan fingerprint density at radius 2 is 2.00 bits per heavy atom. The molecule has 0 aliphatic rings. The van der Waals surface area contributed by atoms with E-state index in [1.165, 1.54) is 18.5 Å². The molecule has 27 heavy (non-hydrogen) atoms. The summed E-state index contributed by atoms with van der Waals surface area (Å²) in [6.07, 6.45) is 6.00. The number of hydrogen-bond donors (Lipinski definition) is 2.